The summed E-state index contributed by atoms with van der Waals surface area (Å²) in [7, 11) is 0. The summed E-state index contributed by atoms with van der Waals surface area (Å²) in [6.07, 6.45) is 10.5. The normalized spacial score (nSPS) is 43.2. The van der Waals surface area contributed by atoms with Crippen LogP contribution in [0.5, 0.6) is 0 Å². The minimum absolute atomic E-state index is 0.330. The molecule has 3 fully saturated rings. The van der Waals surface area contributed by atoms with Gasteiger partial charge in [0.1, 0.15) is 0 Å². The Balaban J connectivity index is 1.66. The zero-order valence-electron chi connectivity index (χ0n) is 14.0. The van der Waals surface area contributed by atoms with Gasteiger partial charge in [0.15, 0.2) is 0 Å². The van der Waals surface area contributed by atoms with E-state index in [0.717, 1.165) is 43.9 Å². The predicted octanol–water partition coefficient (Wildman–Crippen LogP) is 5.12. The van der Waals surface area contributed by atoms with Crippen LogP contribution >= 0.6 is 0 Å². The highest BCUT2D eigenvalue weighted by Crippen LogP contribution is 2.55. The van der Waals surface area contributed by atoms with Gasteiger partial charge in [0, 0.05) is 0 Å². The molecule has 0 heterocycles. The largest absolute Gasteiger partial charge is 0.481 e. The van der Waals surface area contributed by atoms with E-state index in [0.29, 0.717) is 17.3 Å². The molecule has 3 atom stereocenters. The first-order chi connectivity index (χ1) is 9.80. The molecule has 0 spiro atoms. The lowest BCUT2D eigenvalue weighted by atomic mass is 9.61. The van der Waals surface area contributed by atoms with Crippen LogP contribution in [-0.4, -0.2) is 11.1 Å². The van der Waals surface area contributed by atoms with Gasteiger partial charge in [0.25, 0.3) is 0 Å². The van der Waals surface area contributed by atoms with E-state index in [-0.39, 0.29) is 0 Å². The molecule has 0 radical (unpaired) electrons. The van der Waals surface area contributed by atoms with Gasteiger partial charge in [-0.05, 0) is 80.5 Å². The lowest BCUT2D eigenvalue weighted by Crippen LogP contribution is -2.40. The molecule has 0 aromatic rings. The number of rotatable bonds is 3. The second-order valence-electron chi connectivity index (χ2n) is 9.36. The third kappa shape index (κ3) is 2.87. The van der Waals surface area contributed by atoms with Crippen molar-refractivity contribution in [1.82, 2.24) is 0 Å². The Labute approximate surface area is 129 Å². The summed E-state index contributed by atoms with van der Waals surface area (Å²) in [6.45, 7) is 6.92. The molecule has 0 saturated heterocycles. The summed E-state index contributed by atoms with van der Waals surface area (Å²) >= 11 is 0. The summed E-state index contributed by atoms with van der Waals surface area (Å²) in [6, 6.07) is 0. The highest BCUT2D eigenvalue weighted by atomic mass is 16.4. The van der Waals surface area contributed by atoms with Gasteiger partial charge in [-0.25, -0.2) is 0 Å². The molecule has 3 aliphatic rings. The van der Waals surface area contributed by atoms with Gasteiger partial charge in [0.05, 0.1) is 5.41 Å². The van der Waals surface area contributed by atoms with Gasteiger partial charge in [-0.15, -0.1) is 0 Å². The molecule has 2 bridgehead atoms. The van der Waals surface area contributed by atoms with Crippen LogP contribution in [0.15, 0.2) is 0 Å². The zero-order valence-corrected chi connectivity index (χ0v) is 14.0. The topological polar surface area (TPSA) is 37.3 Å². The van der Waals surface area contributed by atoms with Gasteiger partial charge in [-0.3, -0.25) is 4.79 Å². The van der Waals surface area contributed by atoms with Crippen LogP contribution in [-0.2, 0) is 4.79 Å². The standard InChI is InChI=1S/C19H32O2/c1-18(2,3)16-6-8-19(9-7-16,17(20)21)12-15-11-13-4-5-14(15)10-13/h13-16H,4-12H2,1-3H3,(H,20,21). The predicted molar refractivity (Wildman–Crippen MR) is 85.0 cm³/mol. The van der Waals surface area contributed by atoms with E-state index in [1.165, 1.54) is 25.7 Å². The first-order valence-electron chi connectivity index (χ1n) is 9.03. The lowest BCUT2D eigenvalue weighted by Gasteiger charge is -2.43. The van der Waals surface area contributed by atoms with Gasteiger partial charge in [-0.1, -0.05) is 27.2 Å². The number of carboxylic acid groups (broad SMARTS) is 1. The number of carboxylic acids is 1. The van der Waals surface area contributed by atoms with Gasteiger partial charge >= 0.3 is 5.97 Å². The van der Waals surface area contributed by atoms with E-state index in [4.69, 9.17) is 0 Å². The van der Waals surface area contributed by atoms with E-state index in [1.807, 2.05) is 0 Å². The summed E-state index contributed by atoms with van der Waals surface area (Å²) < 4.78 is 0. The monoisotopic (exact) mass is 292 g/mol. The average Bonchev–Trinajstić information content (AvgIpc) is 3.00. The molecule has 1 N–H and O–H groups in total. The molecule has 0 aromatic carbocycles. The Kier molecular flexibility index (Phi) is 3.86. The Morgan fingerprint density at radius 1 is 1.10 bits per heavy atom. The van der Waals surface area contributed by atoms with E-state index < -0.39 is 11.4 Å². The SMILES string of the molecule is CC(C)(C)C1CCC(CC2CC3CCC2C3)(C(=O)O)CC1. The van der Waals surface area contributed by atoms with Crippen molar-refractivity contribution < 1.29 is 9.90 Å². The maximum Gasteiger partial charge on any atom is 0.309 e. The molecule has 3 aliphatic carbocycles. The van der Waals surface area contributed by atoms with Gasteiger partial charge in [-0.2, -0.15) is 0 Å². The highest BCUT2D eigenvalue weighted by molar-refractivity contribution is 5.74. The highest BCUT2D eigenvalue weighted by Gasteiger charge is 2.49. The summed E-state index contributed by atoms with van der Waals surface area (Å²) in [4.78, 5) is 12.0. The molecular weight excluding hydrogens is 260 g/mol. The van der Waals surface area contributed by atoms with Gasteiger partial charge in [0.2, 0.25) is 0 Å². The average molecular weight is 292 g/mol. The third-order valence-electron chi connectivity index (χ3n) is 7.16. The van der Waals surface area contributed by atoms with Crippen molar-refractivity contribution in [3.8, 4) is 0 Å². The number of hydrogen-bond donors (Lipinski definition) is 1. The van der Waals surface area contributed by atoms with Crippen molar-refractivity contribution in [2.24, 2.45) is 34.5 Å². The molecule has 0 aliphatic heterocycles. The Morgan fingerprint density at radius 2 is 1.76 bits per heavy atom. The van der Waals surface area contributed by atoms with Crippen LogP contribution in [0.3, 0.4) is 0 Å². The Bertz CT molecular complexity index is 398. The number of fused-ring (bicyclic) bond motifs is 2. The van der Waals surface area contributed by atoms with Crippen molar-refractivity contribution in [3.05, 3.63) is 0 Å². The van der Waals surface area contributed by atoms with Crippen molar-refractivity contribution >= 4 is 5.97 Å². The first kappa shape index (κ1) is 15.4. The minimum Gasteiger partial charge on any atom is -0.481 e. The van der Waals surface area contributed by atoms with Crippen LogP contribution in [0.2, 0.25) is 0 Å². The summed E-state index contributed by atoms with van der Waals surface area (Å²) in [5, 5.41) is 9.91. The first-order valence-corrected chi connectivity index (χ1v) is 9.03. The Morgan fingerprint density at radius 3 is 2.19 bits per heavy atom. The van der Waals surface area contributed by atoms with Crippen LogP contribution in [0.4, 0.5) is 0 Å². The summed E-state index contributed by atoms with van der Waals surface area (Å²) in [5.41, 5.74) is -0.0615. The second kappa shape index (κ2) is 5.28. The van der Waals surface area contributed by atoms with E-state index in [9.17, 15) is 9.90 Å². The van der Waals surface area contributed by atoms with Crippen molar-refractivity contribution in [2.45, 2.75) is 78.6 Å². The van der Waals surface area contributed by atoms with Crippen LogP contribution < -0.4 is 0 Å². The fourth-order valence-corrected chi connectivity index (χ4v) is 5.67. The van der Waals surface area contributed by atoms with Crippen LogP contribution in [0, 0.1) is 34.5 Å². The fourth-order valence-electron chi connectivity index (χ4n) is 5.67. The van der Waals surface area contributed by atoms with E-state index >= 15 is 0 Å². The molecule has 0 aromatic heterocycles. The molecule has 3 unspecified atom stereocenters. The van der Waals surface area contributed by atoms with E-state index in [2.05, 4.69) is 20.8 Å². The fraction of sp³-hybridized carbons (Fsp3) is 0.947. The van der Waals surface area contributed by atoms with Crippen molar-refractivity contribution in [2.75, 3.05) is 0 Å². The maximum absolute atomic E-state index is 12.0. The van der Waals surface area contributed by atoms with Crippen molar-refractivity contribution in [1.29, 1.82) is 0 Å². The molecular formula is C19H32O2. The molecule has 0 amide bonds. The maximum atomic E-state index is 12.0. The smallest absolute Gasteiger partial charge is 0.309 e. The second-order valence-corrected chi connectivity index (χ2v) is 9.36. The zero-order chi connectivity index (χ0) is 15.3. The summed E-state index contributed by atoms with van der Waals surface area (Å²) in [5.74, 6) is 2.69. The quantitative estimate of drug-likeness (QED) is 0.784. The molecule has 21 heavy (non-hydrogen) atoms. The Hall–Kier alpha value is -0.530. The van der Waals surface area contributed by atoms with Crippen LogP contribution in [0.1, 0.15) is 78.6 Å². The van der Waals surface area contributed by atoms with Gasteiger partial charge < -0.3 is 5.11 Å². The molecule has 3 rings (SSSR count). The lowest BCUT2D eigenvalue weighted by molar-refractivity contribution is -0.154. The third-order valence-corrected chi connectivity index (χ3v) is 7.16. The number of carbonyl (C=O) groups is 1. The molecule has 2 heteroatoms. The molecule has 120 valence electrons. The van der Waals surface area contributed by atoms with Crippen LogP contribution in [0.25, 0.3) is 0 Å². The molecule has 3 saturated carbocycles. The molecule has 2 nitrogen and oxygen atoms in total. The minimum atomic E-state index is -0.502. The number of hydrogen-bond acceptors (Lipinski definition) is 1. The van der Waals surface area contributed by atoms with Crippen molar-refractivity contribution in [3.63, 3.8) is 0 Å². The number of aliphatic carboxylic acids is 1. The van der Waals surface area contributed by atoms with E-state index in [1.54, 1.807) is 0 Å².